The normalized spacial score (nSPS) is 11.1. The highest BCUT2D eigenvalue weighted by atomic mass is 16.5. The maximum atomic E-state index is 12.1. The molecule has 0 bridgehead atoms. The SMILES string of the molecule is CCCN=C(NC(=O)c1ccc(OC)cc1)OCCOC. The molecule has 1 rings (SSSR count). The molecule has 0 fully saturated rings. The van der Waals surface area contributed by atoms with Gasteiger partial charge in [0.15, 0.2) is 0 Å². The molecule has 1 aromatic carbocycles. The van der Waals surface area contributed by atoms with Gasteiger partial charge >= 0.3 is 0 Å². The maximum absolute atomic E-state index is 12.1. The van der Waals surface area contributed by atoms with Gasteiger partial charge in [-0.25, -0.2) is 4.99 Å². The zero-order valence-electron chi connectivity index (χ0n) is 12.7. The molecule has 1 aromatic rings. The molecule has 0 unspecified atom stereocenters. The second-order valence-corrected chi connectivity index (χ2v) is 4.21. The fraction of sp³-hybridized carbons (Fsp3) is 0.467. The van der Waals surface area contributed by atoms with Crippen molar-refractivity contribution in [1.29, 1.82) is 0 Å². The summed E-state index contributed by atoms with van der Waals surface area (Å²) in [4.78, 5) is 16.3. The summed E-state index contributed by atoms with van der Waals surface area (Å²) >= 11 is 0. The van der Waals surface area contributed by atoms with Crippen LogP contribution in [0.5, 0.6) is 5.75 Å². The van der Waals surface area contributed by atoms with E-state index >= 15 is 0 Å². The van der Waals surface area contributed by atoms with Crippen molar-refractivity contribution < 1.29 is 19.0 Å². The number of aliphatic imine (C=N–C) groups is 1. The molecular formula is C15H22N2O4. The summed E-state index contributed by atoms with van der Waals surface area (Å²) in [7, 11) is 3.16. The standard InChI is InChI=1S/C15H22N2O4/c1-4-9-16-15(21-11-10-19-2)17-14(18)12-5-7-13(20-3)8-6-12/h5-8H,4,9-11H2,1-3H3,(H,16,17,18). The summed E-state index contributed by atoms with van der Waals surface area (Å²) < 4.78 is 15.3. The average Bonchev–Trinajstić information content (AvgIpc) is 2.52. The molecule has 21 heavy (non-hydrogen) atoms. The van der Waals surface area contributed by atoms with Crippen LogP contribution in [0.3, 0.4) is 0 Å². The number of carbonyl (C=O) groups excluding carboxylic acids is 1. The van der Waals surface area contributed by atoms with Gasteiger partial charge in [0.1, 0.15) is 12.4 Å². The summed E-state index contributed by atoms with van der Waals surface area (Å²) in [5.41, 5.74) is 0.510. The van der Waals surface area contributed by atoms with E-state index in [1.807, 2.05) is 6.92 Å². The molecule has 6 heteroatoms. The summed E-state index contributed by atoms with van der Waals surface area (Å²) in [5.74, 6) is 0.424. The van der Waals surface area contributed by atoms with E-state index in [0.717, 1.165) is 6.42 Å². The van der Waals surface area contributed by atoms with Crippen molar-refractivity contribution >= 4 is 11.9 Å². The van der Waals surface area contributed by atoms with E-state index in [1.54, 1.807) is 38.5 Å². The Bertz CT molecular complexity index is 457. The number of nitrogens with zero attached hydrogens (tertiary/aromatic N) is 1. The summed E-state index contributed by atoms with van der Waals surface area (Å²) in [6.07, 6.45) is 0.871. The number of rotatable bonds is 7. The Morgan fingerprint density at radius 3 is 2.48 bits per heavy atom. The van der Waals surface area contributed by atoms with Crippen LogP contribution in [0.4, 0.5) is 0 Å². The number of ether oxygens (including phenoxy) is 3. The van der Waals surface area contributed by atoms with Crippen LogP contribution in [0, 0.1) is 0 Å². The molecule has 116 valence electrons. The van der Waals surface area contributed by atoms with Gasteiger partial charge in [-0.3, -0.25) is 10.1 Å². The highest BCUT2D eigenvalue weighted by Gasteiger charge is 2.10. The molecule has 6 nitrogen and oxygen atoms in total. The average molecular weight is 294 g/mol. The van der Waals surface area contributed by atoms with E-state index in [9.17, 15) is 4.79 Å². The van der Waals surface area contributed by atoms with Crippen molar-refractivity contribution in [3.8, 4) is 5.75 Å². The van der Waals surface area contributed by atoms with Crippen molar-refractivity contribution in [2.75, 3.05) is 34.0 Å². The van der Waals surface area contributed by atoms with Crippen molar-refractivity contribution in [3.05, 3.63) is 29.8 Å². The molecule has 0 aliphatic rings. The van der Waals surface area contributed by atoms with Crippen LogP contribution in [0.2, 0.25) is 0 Å². The number of benzene rings is 1. The Morgan fingerprint density at radius 1 is 1.19 bits per heavy atom. The molecule has 0 aliphatic carbocycles. The number of carbonyl (C=O) groups is 1. The molecule has 0 spiro atoms. The summed E-state index contributed by atoms with van der Waals surface area (Å²) in [6.45, 7) is 3.36. The van der Waals surface area contributed by atoms with E-state index in [4.69, 9.17) is 14.2 Å². The topological polar surface area (TPSA) is 69.2 Å². The largest absolute Gasteiger partial charge is 0.497 e. The van der Waals surface area contributed by atoms with Gasteiger partial charge in [-0.15, -0.1) is 0 Å². The van der Waals surface area contributed by atoms with Gasteiger partial charge < -0.3 is 14.2 Å². The first-order valence-corrected chi connectivity index (χ1v) is 6.82. The molecule has 0 aromatic heterocycles. The molecule has 0 aliphatic heterocycles. The van der Waals surface area contributed by atoms with E-state index < -0.39 is 0 Å². The first-order valence-electron chi connectivity index (χ1n) is 6.82. The van der Waals surface area contributed by atoms with E-state index in [0.29, 0.717) is 31.1 Å². The predicted molar refractivity (Wildman–Crippen MR) is 80.9 cm³/mol. The van der Waals surface area contributed by atoms with Crippen molar-refractivity contribution in [2.45, 2.75) is 13.3 Å². The quantitative estimate of drug-likeness (QED) is 0.473. The zero-order chi connectivity index (χ0) is 15.5. The number of methoxy groups -OCH3 is 2. The van der Waals surface area contributed by atoms with E-state index in [2.05, 4.69) is 10.3 Å². The highest BCUT2D eigenvalue weighted by Crippen LogP contribution is 2.11. The molecule has 0 saturated carbocycles. The first-order chi connectivity index (χ1) is 10.2. The lowest BCUT2D eigenvalue weighted by Crippen LogP contribution is -2.33. The Balaban J connectivity index is 2.64. The lowest BCUT2D eigenvalue weighted by molar-refractivity contribution is 0.0954. The number of nitrogens with one attached hydrogen (secondary N) is 1. The number of amides is 1. The van der Waals surface area contributed by atoms with Gasteiger partial charge in [-0.1, -0.05) is 6.92 Å². The smallest absolute Gasteiger partial charge is 0.291 e. The van der Waals surface area contributed by atoms with Crippen LogP contribution in [0.15, 0.2) is 29.3 Å². The second kappa shape index (κ2) is 9.77. The Kier molecular flexibility index (Phi) is 7.89. The van der Waals surface area contributed by atoms with Crippen LogP contribution in [-0.2, 0) is 9.47 Å². The third-order valence-corrected chi connectivity index (χ3v) is 2.58. The Morgan fingerprint density at radius 2 is 1.90 bits per heavy atom. The number of hydrogen-bond donors (Lipinski definition) is 1. The number of amidine groups is 1. The molecule has 1 amide bonds. The summed E-state index contributed by atoms with van der Waals surface area (Å²) in [6, 6.07) is 7.03. The van der Waals surface area contributed by atoms with Gasteiger partial charge in [-0.05, 0) is 30.7 Å². The van der Waals surface area contributed by atoms with Crippen molar-refractivity contribution in [1.82, 2.24) is 5.32 Å². The van der Waals surface area contributed by atoms with Gasteiger partial charge in [0.05, 0.1) is 13.7 Å². The van der Waals surface area contributed by atoms with E-state index in [-0.39, 0.29) is 11.9 Å². The van der Waals surface area contributed by atoms with Crippen LogP contribution in [0.25, 0.3) is 0 Å². The van der Waals surface area contributed by atoms with Gasteiger partial charge in [0.2, 0.25) is 0 Å². The zero-order valence-corrected chi connectivity index (χ0v) is 12.7. The summed E-state index contributed by atoms with van der Waals surface area (Å²) in [5, 5.41) is 2.66. The number of hydrogen-bond acceptors (Lipinski definition) is 5. The highest BCUT2D eigenvalue weighted by molar-refractivity contribution is 6.04. The van der Waals surface area contributed by atoms with Crippen molar-refractivity contribution in [3.63, 3.8) is 0 Å². The third kappa shape index (κ3) is 6.27. The van der Waals surface area contributed by atoms with Crippen LogP contribution in [0.1, 0.15) is 23.7 Å². The van der Waals surface area contributed by atoms with Crippen LogP contribution < -0.4 is 10.1 Å². The fourth-order valence-electron chi connectivity index (χ4n) is 1.47. The fourth-order valence-corrected chi connectivity index (χ4v) is 1.47. The molecule has 1 N–H and O–H groups in total. The molecule has 0 radical (unpaired) electrons. The molecule has 0 atom stereocenters. The molecule has 0 saturated heterocycles. The molecule has 0 heterocycles. The monoisotopic (exact) mass is 294 g/mol. The van der Waals surface area contributed by atoms with Crippen LogP contribution in [-0.4, -0.2) is 45.9 Å². The van der Waals surface area contributed by atoms with Gasteiger partial charge in [0, 0.05) is 19.2 Å². The third-order valence-electron chi connectivity index (χ3n) is 2.58. The maximum Gasteiger partial charge on any atom is 0.291 e. The van der Waals surface area contributed by atoms with E-state index in [1.165, 1.54) is 0 Å². The second-order valence-electron chi connectivity index (χ2n) is 4.21. The minimum absolute atomic E-state index is 0.217. The Labute approximate surface area is 125 Å². The van der Waals surface area contributed by atoms with Gasteiger partial charge in [0.25, 0.3) is 11.9 Å². The predicted octanol–water partition coefficient (Wildman–Crippen LogP) is 1.85. The van der Waals surface area contributed by atoms with Gasteiger partial charge in [-0.2, -0.15) is 0 Å². The Hall–Kier alpha value is -2.08. The lowest BCUT2D eigenvalue weighted by atomic mass is 10.2. The van der Waals surface area contributed by atoms with Crippen molar-refractivity contribution in [2.24, 2.45) is 4.99 Å². The minimum atomic E-state index is -0.273. The lowest BCUT2D eigenvalue weighted by Gasteiger charge is -2.10. The first kappa shape index (κ1) is 17.0. The van der Waals surface area contributed by atoms with Crippen LogP contribution >= 0.6 is 0 Å². The minimum Gasteiger partial charge on any atom is -0.497 e. The molecular weight excluding hydrogens is 272 g/mol.